The van der Waals surface area contributed by atoms with Crippen molar-refractivity contribution in [1.82, 2.24) is 4.31 Å². The summed E-state index contributed by atoms with van der Waals surface area (Å²) >= 11 is 0. The molecule has 0 N–H and O–H groups in total. The lowest BCUT2D eigenvalue weighted by Crippen LogP contribution is -2.46. The first-order valence-corrected chi connectivity index (χ1v) is 10.4. The molecule has 8 heteroatoms. The van der Waals surface area contributed by atoms with Crippen LogP contribution in [-0.4, -0.2) is 37.5 Å². The topological polar surface area (TPSA) is 90.0 Å². The fourth-order valence-electron chi connectivity index (χ4n) is 2.59. The number of nitrogens with zero attached hydrogens (tertiary/aromatic N) is 1. The third-order valence-corrected chi connectivity index (χ3v) is 5.67. The second kappa shape index (κ2) is 8.65. The zero-order valence-corrected chi connectivity index (χ0v) is 17.9. The summed E-state index contributed by atoms with van der Waals surface area (Å²) in [5.41, 5.74) is 0.149. The van der Waals surface area contributed by atoms with Crippen molar-refractivity contribution in [2.24, 2.45) is 0 Å². The highest BCUT2D eigenvalue weighted by Crippen LogP contribution is 2.31. The van der Waals surface area contributed by atoms with Crippen LogP contribution in [0.25, 0.3) is 0 Å². The van der Waals surface area contributed by atoms with Crippen molar-refractivity contribution in [3.63, 3.8) is 0 Å². The highest BCUT2D eigenvalue weighted by molar-refractivity contribution is 7.89. The molecule has 0 fully saturated rings. The molecule has 1 atom stereocenters. The molecule has 7 nitrogen and oxygen atoms in total. The maximum Gasteiger partial charge on any atom is 0.425 e. The Hall–Kier alpha value is -2.87. The lowest BCUT2D eigenvalue weighted by molar-refractivity contribution is -0.145. The maximum absolute atomic E-state index is 13.4. The smallest absolute Gasteiger partial charge is 0.425 e. The number of methoxy groups -OCH3 is 1. The molecule has 0 aliphatic carbocycles. The van der Waals surface area contributed by atoms with E-state index in [1.54, 1.807) is 63.2 Å². The number of rotatable bonds is 5. The first kappa shape index (κ1) is 22.4. The molecule has 0 heterocycles. The predicted octanol–water partition coefficient (Wildman–Crippen LogP) is 3.84. The number of sulfonamides is 1. The largest absolute Gasteiger partial charge is 0.467 e. The van der Waals surface area contributed by atoms with Crippen LogP contribution < -0.4 is 0 Å². The summed E-state index contributed by atoms with van der Waals surface area (Å²) in [6.07, 6.45) is -1.17. The lowest BCUT2D eigenvalue weighted by Gasteiger charge is -2.31. The third kappa shape index (κ3) is 5.35. The van der Waals surface area contributed by atoms with Crippen LogP contribution in [0.2, 0.25) is 0 Å². The van der Waals surface area contributed by atoms with Gasteiger partial charge in [-0.3, -0.25) is 0 Å². The van der Waals surface area contributed by atoms with Crippen molar-refractivity contribution in [3.8, 4) is 0 Å². The van der Waals surface area contributed by atoms with Crippen molar-refractivity contribution >= 4 is 22.1 Å². The third-order valence-electron chi connectivity index (χ3n) is 3.93. The molecule has 0 unspecified atom stereocenters. The first-order valence-electron chi connectivity index (χ1n) is 8.94. The Morgan fingerprint density at radius 3 is 2.00 bits per heavy atom. The van der Waals surface area contributed by atoms with Gasteiger partial charge in [-0.25, -0.2) is 18.0 Å². The molecule has 0 saturated heterocycles. The Labute approximate surface area is 171 Å². The van der Waals surface area contributed by atoms with Gasteiger partial charge in [0.15, 0.2) is 6.04 Å². The zero-order valence-electron chi connectivity index (χ0n) is 17.1. The number of amides is 1. The van der Waals surface area contributed by atoms with Gasteiger partial charge in [0.1, 0.15) is 5.60 Å². The summed E-state index contributed by atoms with van der Waals surface area (Å²) in [4.78, 5) is 25.5. The Bertz CT molecular complexity index is 962. The van der Waals surface area contributed by atoms with Crippen LogP contribution in [-0.2, 0) is 24.3 Å². The van der Waals surface area contributed by atoms with Crippen molar-refractivity contribution in [2.75, 3.05) is 7.11 Å². The second-order valence-electron chi connectivity index (χ2n) is 7.43. The number of carbonyl (C=O) groups is 2. The molecule has 29 heavy (non-hydrogen) atoms. The fraction of sp³-hybridized carbons (Fsp3) is 0.333. The van der Waals surface area contributed by atoms with Crippen molar-refractivity contribution < 1.29 is 27.5 Å². The number of ether oxygens (including phenoxy) is 2. The van der Waals surface area contributed by atoms with Crippen molar-refractivity contribution in [2.45, 2.75) is 44.2 Å². The molecule has 0 aliphatic heterocycles. The molecule has 2 aromatic carbocycles. The highest BCUT2D eigenvalue weighted by atomic mass is 32.2. The van der Waals surface area contributed by atoms with E-state index >= 15 is 0 Å². The molecule has 0 aromatic heterocycles. The Balaban J connectivity index is 2.69. The summed E-state index contributed by atoms with van der Waals surface area (Å²) < 4.78 is 37.4. The molecular weight excluding hydrogens is 394 g/mol. The first-order chi connectivity index (χ1) is 13.5. The highest BCUT2D eigenvalue weighted by Gasteiger charge is 2.43. The minimum absolute atomic E-state index is 0.140. The predicted molar refractivity (Wildman–Crippen MR) is 108 cm³/mol. The summed E-state index contributed by atoms with van der Waals surface area (Å²) in [5.74, 6) is -0.905. The average Bonchev–Trinajstić information content (AvgIpc) is 2.64. The van der Waals surface area contributed by atoms with E-state index in [2.05, 4.69) is 0 Å². The molecular formula is C21H25NO6S. The van der Waals surface area contributed by atoms with Crippen LogP contribution in [0.5, 0.6) is 0 Å². The molecule has 0 bridgehead atoms. The number of benzene rings is 2. The molecule has 0 aliphatic rings. The number of hydrogen-bond acceptors (Lipinski definition) is 6. The minimum atomic E-state index is -4.43. The Kier molecular flexibility index (Phi) is 6.69. The minimum Gasteiger partial charge on any atom is -0.467 e. The molecule has 0 radical (unpaired) electrons. The van der Waals surface area contributed by atoms with Gasteiger partial charge in [-0.2, -0.15) is 4.31 Å². The van der Waals surface area contributed by atoms with E-state index in [1.165, 1.54) is 12.1 Å². The van der Waals surface area contributed by atoms with Gasteiger partial charge in [0.2, 0.25) is 0 Å². The Morgan fingerprint density at radius 2 is 1.52 bits per heavy atom. The van der Waals surface area contributed by atoms with Crippen LogP contribution in [0, 0.1) is 6.92 Å². The van der Waals surface area contributed by atoms with Crippen LogP contribution in [0.15, 0.2) is 59.5 Å². The summed E-state index contributed by atoms with van der Waals surface area (Å²) in [7, 11) is -3.30. The molecule has 2 aromatic rings. The van der Waals surface area contributed by atoms with Crippen molar-refractivity contribution in [3.05, 3.63) is 65.7 Å². The molecule has 2 rings (SSSR count). The van der Waals surface area contributed by atoms with Crippen molar-refractivity contribution in [1.29, 1.82) is 0 Å². The standard InChI is InChI=1S/C21H25NO6S/c1-15-11-13-17(14-12-15)29(25,26)22(20(24)28-21(2,3)4)18(19(23)27-5)16-9-7-6-8-10-16/h6-14,18H,1-5H3/t18-/m1/s1. The average molecular weight is 419 g/mol. The van der Waals surface area contributed by atoms with Gasteiger partial charge >= 0.3 is 12.1 Å². The normalized spacial score (nSPS) is 12.7. The van der Waals surface area contributed by atoms with Gasteiger partial charge in [-0.1, -0.05) is 48.0 Å². The van der Waals surface area contributed by atoms with E-state index in [1.807, 2.05) is 6.92 Å². The van der Waals surface area contributed by atoms with E-state index in [9.17, 15) is 18.0 Å². The van der Waals surface area contributed by atoms with E-state index in [4.69, 9.17) is 9.47 Å². The van der Waals surface area contributed by atoms with Gasteiger partial charge in [0.25, 0.3) is 10.0 Å². The quantitative estimate of drug-likeness (QED) is 0.684. The SMILES string of the molecule is COC(=O)[C@@H](c1ccccc1)N(C(=O)OC(C)(C)C)S(=O)(=O)c1ccc(C)cc1. The van der Waals surface area contributed by atoms with Gasteiger partial charge in [-0.05, 0) is 45.4 Å². The Morgan fingerprint density at radius 1 is 0.966 bits per heavy atom. The van der Waals surface area contributed by atoms with Gasteiger partial charge < -0.3 is 9.47 Å². The van der Waals surface area contributed by atoms with E-state index < -0.39 is 33.7 Å². The zero-order chi connectivity index (χ0) is 21.8. The number of carbonyl (C=O) groups excluding carboxylic acids is 2. The van der Waals surface area contributed by atoms with Crippen LogP contribution in [0.1, 0.15) is 37.9 Å². The summed E-state index contributed by atoms with van der Waals surface area (Å²) in [5, 5.41) is 0. The van der Waals surface area contributed by atoms with E-state index in [0.29, 0.717) is 4.31 Å². The van der Waals surface area contributed by atoms with Gasteiger partial charge in [0.05, 0.1) is 12.0 Å². The lowest BCUT2D eigenvalue weighted by atomic mass is 10.1. The number of esters is 1. The van der Waals surface area contributed by atoms with E-state index in [0.717, 1.165) is 12.7 Å². The maximum atomic E-state index is 13.4. The van der Waals surface area contributed by atoms with Crippen LogP contribution in [0.3, 0.4) is 0 Å². The monoisotopic (exact) mass is 419 g/mol. The van der Waals surface area contributed by atoms with Gasteiger partial charge in [0, 0.05) is 0 Å². The van der Waals surface area contributed by atoms with Crippen LogP contribution >= 0.6 is 0 Å². The summed E-state index contributed by atoms with van der Waals surface area (Å²) in [6, 6.07) is 12.5. The number of hydrogen-bond donors (Lipinski definition) is 0. The molecule has 0 saturated carbocycles. The molecule has 0 spiro atoms. The fourth-order valence-corrected chi connectivity index (χ4v) is 4.01. The second-order valence-corrected chi connectivity index (χ2v) is 9.25. The van der Waals surface area contributed by atoms with Crippen LogP contribution in [0.4, 0.5) is 4.79 Å². The molecule has 1 amide bonds. The van der Waals surface area contributed by atoms with Gasteiger partial charge in [-0.15, -0.1) is 0 Å². The molecule has 156 valence electrons. The van der Waals surface area contributed by atoms with E-state index in [-0.39, 0.29) is 10.5 Å². The number of aryl methyl sites for hydroxylation is 1. The summed E-state index contributed by atoms with van der Waals surface area (Å²) in [6.45, 7) is 6.63.